The molecule has 0 saturated carbocycles. The Morgan fingerprint density at radius 1 is 1.00 bits per heavy atom. The monoisotopic (exact) mass is 676 g/mol. The highest BCUT2D eigenvalue weighted by Gasteiger charge is 2.17. The minimum absolute atomic E-state index is 0.237. The van der Waals surface area contributed by atoms with Gasteiger partial charge in [-0.05, 0) is 74.3 Å². The molecule has 3 aromatic carbocycles. The highest BCUT2D eigenvalue weighted by atomic mass is 79.9. The normalized spacial score (nSPS) is 10.8. The second-order valence-corrected chi connectivity index (χ2v) is 9.80. The third kappa shape index (κ3) is 7.28. The highest BCUT2D eigenvalue weighted by Crippen LogP contribution is 2.33. The molecular weight excluding hydrogens is 667 g/mol. The maximum absolute atomic E-state index is 12.6. The molecule has 0 aliphatic carbocycles. The zero-order valence-corrected chi connectivity index (χ0v) is 22.7. The summed E-state index contributed by atoms with van der Waals surface area (Å²) in [5.74, 6) is -0.519. The predicted octanol–water partition coefficient (Wildman–Crippen LogP) is 7.03. The molecule has 3 aromatic rings. The van der Waals surface area contributed by atoms with Crippen LogP contribution in [0.3, 0.4) is 0 Å². The van der Waals surface area contributed by atoms with Gasteiger partial charge in [-0.2, -0.15) is 5.10 Å². The van der Waals surface area contributed by atoms with Crippen LogP contribution >= 0.6 is 71.0 Å². The van der Waals surface area contributed by atoms with Crippen LogP contribution in [-0.2, 0) is 4.79 Å². The third-order valence-corrected chi connectivity index (χ3v) is 6.24. The van der Waals surface area contributed by atoms with Crippen LogP contribution in [0.5, 0.6) is 11.5 Å². The molecule has 0 saturated heterocycles. The number of hydrogen-bond donors (Lipinski definition) is 1. The summed E-state index contributed by atoms with van der Waals surface area (Å²) in [6.45, 7) is -0.315. The number of carbonyl (C=O) groups excluding carboxylic acids is 2. The van der Waals surface area contributed by atoms with Gasteiger partial charge in [0.2, 0.25) is 0 Å². The number of amides is 1. The zero-order valence-electron chi connectivity index (χ0n) is 16.5. The first-order valence-corrected chi connectivity index (χ1v) is 12.2. The van der Waals surface area contributed by atoms with Crippen molar-refractivity contribution in [1.82, 2.24) is 5.43 Å². The fourth-order valence-corrected chi connectivity index (χ4v) is 4.75. The molecule has 0 bridgehead atoms. The van der Waals surface area contributed by atoms with E-state index in [-0.39, 0.29) is 17.4 Å². The Morgan fingerprint density at radius 2 is 1.76 bits per heavy atom. The maximum Gasteiger partial charge on any atom is 0.344 e. The van der Waals surface area contributed by atoms with Gasteiger partial charge in [-0.25, -0.2) is 10.2 Å². The summed E-state index contributed by atoms with van der Waals surface area (Å²) in [6.07, 6.45) is 1.35. The molecule has 0 heterocycles. The Labute approximate surface area is 224 Å². The van der Waals surface area contributed by atoms with Crippen molar-refractivity contribution in [3.8, 4) is 11.5 Å². The van der Waals surface area contributed by atoms with E-state index in [1.165, 1.54) is 12.3 Å². The van der Waals surface area contributed by atoms with Gasteiger partial charge in [-0.1, -0.05) is 51.3 Å². The lowest BCUT2D eigenvalue weighted by atomic mass is 10.2. The topological polar surface area (TPSA) is 77.0 Å². The lowest BCUT2D eigenvalue weighted by Gasteiger charge is -2.11. The number of ether oxygens (including phenoxy) is 2. The van der Waals surface area contributed by atoms with Gasteiger partial charge in [0.05, 0.1) is 21.3 Å². The molecule has 33 heavy (non-hydrogen) atoms. The van der Waals surface area contributed by atoms with Crippen LogP contribution in [-0.4, -0.2) is 24.7 Å². The van der Waals surface area contributed by atoms with Crippen molar-refractivity contribution in [3.05, 3.63) is 89.2 Å². The van der Waals surface area contributed by atoms with Crippen molar-refractivity contribution in [2.45, 2.75) is 0 Å². The van der Waals surface area contributed by atoms with Crippen LogP contribution in [0, 0.1) is 0 Å². The molecule has 1 amide bonds. The van der Waals surface area contributed by atoms with Crippen molar-refractivity contribution in [3.63, 3.8) is 0 Å². The van der Waals surface area contributed by atoms with Crippen LogP contribution in [0.2, 0.25) is 10.0 Å². The minimum Gasteiger partial charge on any atom is -0.482 e. The van der Waals surface area contributed by atoms with Gasteiger partial charge in [0.15, 0.2) is 12.4 Å². The molecule has 0 radical (unpaired) electrons. The summed E-state index contributed by atoms with van der Waals surface area (Å²) < 4.78 is 12.8. The van der Waals surface area contributed by atoms with Crippen molar-refractivity contribution in [1.29, 1.82) is 0 Å². The quantitative estimate of drug-likeness (QED) is 0.126. The second-order valence-electron chi connectivity index (χ2n) is 6.33. The number of hydrazone groups is 1. The average Bonchev–Trinajstić information content (AvgIpc) is 2.75. The van der Waals surface area contributed by atoms with Crippen LogP contribution in [0.15, 0.2) is 73.1 Å². The lowest BCUT2D eigenvalue weighted by Crippen LogP contribution is -2.24. The largest absolute Gasteiger partial charge is 0.482 e. The number of nitrogens with zero attached hydrogens (tertiary/aromatic N) is 1. The number of esters is 1. The van der Waals surface area contributed by atoms with Gasteiger partial charge in [0.25, 0.3) is 5.91 Å². The van der Waals surface area contributed by atoms with Crippen LogP contribution in [0.25, 0.3) is 0 Å². The summed E-state index contributed by atoms with van der Waals surface area (Å²) in [4.78, 5) is 24.7. The summed E-state index contributed by atoms with van der Waals surface area (Å²) in [5, 5.41) is 4.67. The van der Waals surface area contributed by atoms with Crippen molar-refractivity contribution in [2.75, 3.05) is 6.61 Å². The van der Waals surface area contributed by atoms with Gasteiger partial charge in [-0.15, -0.1) is 0 Å². The number of hydrogen-bond acceptors (Lipinski definition) is 5. The van der Waals surface area contributed by atoms with Crippen LogP contribution in [0.1, 0.15) is 15.9 Å². The molecule has 0 aliphatic rings. The molecule has 0 aliphatic heterocycles. The number of benzene rings is 3. The first-order chi connectivity index (χ1) is 15.7. The van der Waals surface area contributed by atoms with E-state index in [0.29, 0.717) is 35.3 Å². The Morgan fingerprint density at radius 3 is 2.48 bits per heavy atom. The van der Waals surface area contributed by atoms with Crippen molar-refractivity contribution < 1.29 is 19.1 Å². The molecule has 0 fully saturated rings. The molecule has 1 N–H and O–H groups in total. The lowest BCUT2D eigenvalue weighted by molar-refractivity contribution is -0.123. The summed E-state index contributed by atoms with van der Waals surface area (Å²) in [6, 6.07) is 15.0. The number of halogens is 5. The fourth-order valence-electron chi connectivity index (χ4n) is 2.50. The molecule has 170 valence electrons. The summed E-state index contributed by atoms with van der Waals surface area (Å²) in [5.41, 5.74) is 3.16. The number of rotatable bonds is 7. The van der Waals surface area contributed by atoms with Crippen LogP contribution in [0.4, 0.5) is 0 Å². The van der Waals surface area contributed by atoms with Crippen LogP contribution < -0.4 is 14.9 Å². The fraction of sp³-hybridized carbons (Fsp3) is 0.0455. The smallest absolute Gasteiger partial charge is 0.344 e. The van der Waals surface area contributed by atoms with Gasteiger partial charge in [-0.3, -0.25) is 4.79 Å². The highest BCUT2D eigenvalue weighted by molar-refractivity contribution is 9.11. The minimum atomic E-state index is -0.558. The first-order valence-electron chi connectivity index (χ1n) is 9.10. The van der Waals surface area contributed by atoms with Gasteiger partial charge in [0, 0.05) is 19.5 Å². The Balaban J connectivity index is 1.69. The third-order valence-electron chi connectivity index (χ3n) is 3.97. The van der Waals surface area contributed by atoms with Gasteiger partial charge >= 0.3 is 5.97 Å². The Hall–Kier alpha value is -1.91. The standard InChI is InChI=1S/C22H13Br3Cl2N2O4/c23-13-7-12(10-28-29-20(30)11-32-19-6-5-14(26)9-18(19)27)21(17(25)8-13)33-22(31)15-3-1-2-4-16(15)24/h1-10H,11H2,(H,29,30)/b28-10+. The Bertz CT molecular complexity index is 1240. The van der Waals surface area contributed by atoms with E-state index in [1.54, 1.807) is 48.5 Å². The van der Waals surface area contributed by atoms with Gasteiger partial charge < -0.3 is 9.47 Å². The zero-order chi connectivity index (χ0) is 24.0. The Kier molecular flexibility index (Phi) is 9.34. The van der Waals surface area contributed by atoms with E-state index in [1.807, 2.05) is 0 Å². The summed E-state index contributed by atoms with van der Waals surface area (Å²) >= 11 is 22.0. The number of nitrogens with one attached hydrogen (secondary N) is 1. The SMILES string of the molecule is O=C(COc1ccc(Cl)cc1Cl)N/N=C/c1cc(Br)cc(Br)c1OC(=O)c1ccccc1Br. The van der Waals surface area contributed by atoms with Crippen molar-refractivity contribution >= 4 is 89.1 Å². The molecule has 0 spiro atoms. The van der Waals surface area contributed by atoms with E-state index in [2.05, 4.69) is 58.3 Å². The van der Waals surface area contributed by atoms with E-state index in [4.69, 9.17) is 32.7 Å². The molecule has 0 aromatic heterocycles. The molecule has 3 rings (SSSR count). The second kappa shape index (κ2) is 12.0. The van der Waals surface area contributed by atoms with E-state index < -0.39 is 11.9 Å². The number of carbonyl (C=O) groups is 2. The summed E-state index contributed by atoms with van der Waals surface area (Å²) in [7, 11) is 0. The average molecular weight is 680 g/mol. The first kappa shape index (κ1) is 25.7. The van der Waals surface area contributed by atoms with Crippen molar-refractivity contribution in [2.24, 2.45) is 5.10 Å². The molecule has 0 atom stereocenters. The molecule has 11 heteroatoms. The predicted molar refractivity (Wildman–Crippen MR) is 139 cm³/mol. The van der Waals surface area contributed by atoms with E-state index >= 15 is 0 Å². The molecular formula is C22H13Br3Cl2N2O4. The van der Waals surface area contributed by atoms with E-state index in [9.17, 15) is 9.59 Å². The molecule has 6 nitrogen and oxygen atoms in total. The maximum atomic E-state index is 12.6. The molecule has 0 unspecified atom stereocenters. The van der Waals surface area contributed by atoms with E-state index in [0.717, 1.165) is 0 Å². The van der Waals surface area contributed by atoms with Gasteiger partial charge in [0.1, 0.15) is 5.75 Å².